The molecule has 1 rings (SSSR count). The van der Waals surface area contributed by atoms with E-state index in [9.17, 15) is 0 Å². The van der Waals surface area contributed by atoms with E-state index in [1.54, 1.807) is 14.2 Å². The quantitative estimate of drug-likeness (QED) is 0.707. The lowest BCUT2D eigenvalue weighted by molar-refractivity contribution is 0.103. The van der Waals surface area contributed by atoms with Crippen molar-refractivity contribution in [1.82, 2.24) is 5.32 Å². The number of hydrogen-bond donors (Lipinski definition) is 1. The summed E-state index contributed by atoms with van der Waals surface area (Å²) >= 11 is 6.07. The Morgan fingerprint density at radius 2 is 2.11 bits per heavy atom. The van der Waals surface area contributed by atoms with Crippen molar-refractivity contribution >= 4 is 11.6 Å². The van der Waals surface area contributed by atoms with Gasteiger partial charge in [0.1, 0.15) is 0 Å². The van der Waals surface area contributed by atoms with Crippen molar-refractivity contribution in [3.8, 4) is 0 Å². The third-order valence-corrected chi connectivity index (χ3v) is 3.45. The number of hydrogen-bond acceptors (Lipinski definition) is 3. The molecule has 2 atom stereocenters. The Morgan fingerprint density at radius 3 is 2.74 bits per heavy atom. The lowest BCUT2D eigenvalue weighted by Gasteiger charge is -2.21. The number of benzene rings is 1. The molecule has 1 aromatic rings. The number of halogens is 1. The minimum atomic E-state index is 0.230. The molecule has 0 fully saturated rings. The van der Waals surface area contributed by atoms with Gasteiger partial charge in [0.15, 0.2) is 0 Å². The van der Waals surface area contributed by atoms with Gasteiger partial charge in [-0.1, -0.05) is 23.7 Å². The van der Waals surface area contributed by atoms with Crippen LogP contribution in [0.4, 0.5) is 0 Å². The molecule has 0 radical (unpaired) electrons. The van der Waals surface area contributed by atoms with Crippen LogP contribution >= 0.6 is 11.6 Å². The molecule has 108 valence electrons. The van der Waals surface area contributed by atoms with E-state index in [1.807, 2.05) is 18.2 Å². The first-order valence-corrected chi connectivity index (χ1v) is 7.03. The van der Waals surface area contributed by atoms with Gasteiger partial charge in [0.2, 0.25) is 0 Å². The number of ether oxygens (including phenoxy) is 2. The fourth-order valence-corrected chi connectivity index (χ4v) is 2.24. The highest BCUT2D eigenvalue weighted by Crippen LogP contribution is 2.24. The first kappa shape index (κ1) is 16.4. The Kier molecular flexibility index (Phi) is 8.07. The third-order valence-electron chi connectivity index (χ3n) is 3.21. The average Bonchev–Trinajstić information content (AvgIpc) is 2.42. The van der Waals surface area contributed by atoms with E-state index in [0.717, 1.165) is 31.1 Å². The van der Waals surface area contributed by atoms with Gasteiger partial charge in [-0.05, 0) is 37.0 Å². The number of methoxy groups -OCH3 is 2. The summed E-state index contributed by atoms with van der Waals surface area (Å²) in [5.74, 6) is 0.394. The molecule has 0 saturated carbocycles. The number of rotatable bonds is 9. The molecule has 0 heterocycles. The van der Waals surface area contributed by atoms with Crippen LogP contribution < -0.4 is 5.32 Å². The third kappa shape index (κ3) is 6.39. The second-order valence-corrected chi connectivity index (χ2v) is 5.17. The van der Waals surface area contributed by atoms with Crippen LogP contribution in [0.2, 0.25) is 5.02 Å². The largest absolute Gasteiger partial charge is 0.383 e. The lowest BCUT2D eigenvalue weighted by atomic mass is 9.93. The van der Waals surface area contributed by atoms with Gasteiger partial charge in [-0.2, -0.15) is 0 Å². The Hall–Kier alpha value is -0.610. The Morgan fingerprint density at radius 1 is 1.32 bits per heavy atom. The molecule has 0 aromatic heterocycles. The maximum atomic E-state index is 6.07. The van der Waals surface area contributed by atoms with Crippen molar-refractivity contribution in [3.05, 3.63) is 34.9 Å². The minimum Gasteiger partial charge on any atom is -0.383 e. The van der Waals surface area contributed by atoms with Crippen LogP contribution in [0.3, 0.4) is 0 Å². The van der Waals surface area contributed by atoms with E-state index in [-0.39, 0.29) is 6.10 Å². The first-order chi connectivity index (χ1) is 9.17. The average molecular weight is 286 g/mol. The van der Waals surface area contributed by atoms with Crippen molar-refractivity contribution < 1.29 is 9.47 Å². The second-order valence-electron chi connectivity index (χ2n) is 4.73. The maximum absolute atomic E-state index is 6.07. The molecular formula is C15H24ClNO2. The van der Waals surface area contributed by atoms with Gasteiger partial charge in [-0.25, -0.2) is 0 Å². The molecule has 0 saturated heterocycles. The molecule has 2 unspecified atom stereocenters. The van der Waals surface area contributed by atoms with Gasteiger partial charge >= 0.3 is 0 Å². The molecule has 3 nitrogen and oxygen atoms in total. The molecule has 1 N–H and O–H groups in total. The topological polar surface area (TPSA) is 30.5 Å². The number of nitrogens with one attached hydrogen (secondary N) is 1. The minimum absolute atomic E-state index is 0.230. The highest BCUT2D eigenvalue weighted by atomic mass is 35.5. The van der Waals surface area contributed by atoms with Crippen LogP contribution in [0.15, 0.2) is 24.3 Å². The molecule has 0 spiro atoms. The first-order valence-electron chi connectivity index (χ1n) is 6.65. The zero-order chi connectivity index (χ0) is 14.1. The molecule has 19 heavy (non-hydrogen) atoms. The standard InChI is InChI=1S/C15H24ClNO2/c1-12(19-3)9-14(11-17-7-8-18-2)13-5-4-6-15(16)10-13/h4-6,10,12,14,17H,7-9,11H2,1-3H3. The van der Waals surface area contributed by atoms with E-state index in [2.05, 4.69) is 18.3 Å². The lowest BCUT2D eigenvalue weighted by Crippen LogP contribution is -2.27. The normalized spacial score (nSPS) is 14.3. The van der Waals surface area contributed by atoms with Crippen molar-refractivity contribution in [2.75, 3.05) is 33.9 Å². The van der Waals surface area contributed by atoms with Gasteiger partial charge in [0.25, 0.3) is 0 Å². The van der Waals surface area contributed by atoms with Crippen molar-refractivity contribution in [3.63, 3.8) is 0 Å². The van der Waals surface area contributed by atoms with Crippen LogP contribution in [0.1, 0.15) is 24.8 Å². The van der Waals surface area contributed by atoms with E-state index >= 15 is 0 Å². The summed E-state index contributed by atoms with van der Waals surface area (Å²) in [4.78, 5) is 0. The van der Waals surface area contributed by atoms with Gasteiger partial charge in [-0.15, -0.1) is 0 Å². The zero-order valence-electron chi connectivity index (χ0n) is 12.0. The summed E-state index contributed by atoms with van der Waals surface area (Å²) in [7, 11) is 3.46. The van der Waals surface area contributed by atoms with Crippen LogP contribution in [0, 0.1) is 0 Å². The summed E-state index contributed by atoms with van der Waals surface area (Å²) < 4.78 is 10.4. The highest BCUT2D eigenvalue weighted by molar-refractivity contribution is 6.30. The van der Waals surface area contributed by atoms with E-state index in [1.165, 1.54) is 5.56 Å². The summed E-state index contributed by atoms with van der Waals surface area (Å²) in [6.45, 7) is 4.57. The molecule has 0 aliphatic heterocycles. The molecule has 0 amide bonds. The maximum Gasteiger partial charge on any atom is 0.0587 e. The van der Waals surface area contributed by atoms with E-state index in [4.69, 9.17) is 21.1 Å². The fourth-order valence-electron chi connectivity index (χ4n) is 2.05. The predicted molar refractivity (Wildman–Crippen MR) is 80.0 cm³/mol. The zero-order valence-corrected chi connectivity index (χ0v) is 12.7. The van der Waals surface area contributed by atoms with Crippen LogP contribution in [-0.4, -0.2) is 40.0 Å². The van der Waals surface area contributed by atoms with Gasteiger partial charge in [0.05, 0.1) is 12.7 Å². The van der Waals surface area contributed by atoms with Crippen molar-refractivity contribution in [1.29, 1.82) is 0 Å². The van der Waals surface area contributed by atoms with E-state index < -0.39 is 0 Å². The monoisotopic (exact) mass is 285 g/mol. The molecule has 0 aliphatic carbocycles. The summed E-state index contributed by atoms with van der Waals surface area (Å²) in [6, 6.07) is 8.06. The predicted octanol–water partition coefficient (Wildman–Crippen LogP) is 3.08. The Labute approximate surface area is 121 Å². The fraction of sp³-hybridized carbons (Fsp3) is 0.600. The van der Waals surface area contributed by atoms with Gasteiger partial charge in [0, 0.05) is 32.3 Å². The molecule has 0 bridgehead atoms. The van der Waals surface area contributed by atoms with E-state index in [0.29, 0.717) is 5.92 Å². The Balaban J connectivity index is 2.63. The summed E-state index contributed by atoms with van der Waals surface area (Å²) in [5, 5.41) is 4.19. The highest BCUT2D eigenvalue weighted by Gasteiger charge is 2.15. The van der Waals surface area contributed by atoms with Crippen molar-refractivity contribution in [2.45, 2.75) is 25.4 Å². The SMILES string of the molecule is COCCNCC(CC(C)OC)c1cccc(Cl)c1. The van der Waals surface area contributed by atoms with Crippen LogP contribution in [-0.2, 0) is 9.47 Å². The Bertz CT molecular complexity index is 360. The molecule has 0 aliphatic rings. The smallest absolute Gasteiger partial charge is 0.0587 e. The van der Waals surface area contributed by atoms with Crippen molar-refractivity contribution in [2.24, 2.45) is 0 Å². The molecule has 4 heteroatoms. The molecular weight excluding hydrogens is 262 g/mol. The summed E-state index contributed by atoms with van der Waals surface area (Å²) in [6.07, 6.45) is 1.20. The van der Waals surface area contributed by atoms with Crippen LogP contribution in [0.25, 0.3) is 0 Å². The van der Waals surface area contributed by atoms with Gasteiger partial charge in [-0.3, -0.25) is 0 Å². The molecule has 1 aromatic carbocycles. The van der Waals surface area contributed by atoms with Crippen LogP contribution in [0.5, 0.6) is 0 Å². The second kappa shape index (κ2) is 9.32. The van der Waals surface area contributed by atoms with Gasteiger partial charge < -0.3 is 14.8 Å². The summed E-state index contributed by atoms with van der Waals surface area (Å²) in [5.41, 5.74) is 1.25.